The molecule has 1 saturated heterocycles. The highest BCUT2D eigenvalue weighted by molar-refractivity contribution is 6.31. The van der Waals surface area contributed by atoms with Crippen molar-refractivity contribution in [2.24, 2.45) is 0 Å². The molecule has 4 nitrogen and oxygen atoms in total. The molecule has 2 heterocycles. The zero-order valence-electron chi connectivity index (χ0n) is 13.7. The summed E-state index contributed by atoms with van der Waals surface area (Å²) in [5.74, 6) is 0. The van der Waals surface area contributed by atoms with E-state index >= 15 is 0 Å². The molecule has 1 aliphatic heterocycles. The number of hydrogen-bond acceptors (Lipinski definition) is 3. The van der Waals surface area contributed by atoms with Crippen LogP contribution in [0.4, 0.5) is 0 Å². The molecule has 0 radical (unpaired) electrons. The van der Waals surface area contributed by atoms with Crippen molar-refractivity contribution in [3.8, 4) is 0 Å². The number of hydrogen-bond donors (Lipinski definition) is 1. The molecule has 5 heteroatoms. The van der Waals surface area contributed by atoms with Gasteiger partial charge in [0.1, 0.15) is 0 Å². The van der Waals surface area contributed by atoms with Crippen molar-refractivity contribution in [1.82, 2.24) is 14.7 Å². The Hall–Kier alpha value is -0.580. The Morgan fingerprint density at radius 3 is 2.48 bits per heavy atom. The van der Waals surface area contributed by atoms with E-state index < -0.39 is 6.10 Å². The van der Waals surface area contributed by atoms with Crippen molar-refractivity contribution in [3.63, 3.8) is 0 Å². The highest BCUT2D eigenvalue weighted by Crippen LogP contribution is 2.28. The second-order valence-electron chi connectivity index (χ2n) is 6.58. The molecule has 1 atom stereocenters. The molecule has 1 N–H and O–H groups in total. The maximum atomic E-state index is 10.8. The third-order valence-corrected chi connectivity index (χ3v) is 5.32. The molecule has 1 fully saturated rings. The number of rotatable bonds is 5. The molecule has 0 aliphatic carbocycles. The van der Waals surface area contributed by atoms with Crippen LogP contribution in [0.25, 0.3) is 0 Å². The first-order chi connectivity index (χ1) is 9.87. The molecule has 2 rings (SSSR count). The summed E-state index contributed by atoms with van der Waals surface area (Å²) in [6.07, 6.45) is 3.86. The average molecular weight is 314 g/mol. The van der Waals surface area contributed by atoms with Crippen molar-refractivity contribution in [2.75, 3.05) is 13.1 Å². The number of likely N-dealkylation sites (tertiary alicyclic amines) is 1. The Balaban J connectivity index is 2.14. The minimum Gasteiger partial charge on any atom is -0.391 e. The first kappa shape index (κ1) is 16.8. The summed E-state index contributed by atoms with van der Waals surface area (Å²) in [6, 6.07) is 0. The summed E-state index contributed by atoms with van der Waals surface area (Å²) in [6.45, 7) is 11.2. The van der Waals surface area contributed by atoms with Crippen molar-refractivity contribution in [1.29, 1.82) is 0 Å². The van der Waals surface area contributed by atoms with Crippen molar-refractivity contribution in [3.05, 3.63) is 16.4 Å². The third kappa shape index (κ3) is 3.43. The number of aromatic nitrogens is 2. The lowest BCUT2D eigenvalue weighted by atomic mass is 9.89. The Labute approximate surface area is 133 Å². The molecule has 0 aromatic carbocycles. The Bertz CT molecular complexity index is 478. The van der Waals surface area contributed by atoms with Gasteiger partial charge in [-0.15, -0.1) is 0 Å². The minimum absolute atomic E-state index is 0.236. The number of halogens is 1. The Morgan fingerprint density at radius 2 is 1.90 bits per heavy atom. The molecule has 1 unspecified atom stereocenters. The molecule has 1 aromatic rings. The molecule has 21 heavy (non-hydrogen) atoms. The van der Waals surface area contributed by atoms with Gasteiger partial charge in [-0.25, -0.2) is 0 Å². The summed E-state index contributed by atoms with van der Waals surface area (Å²) in [4.78, 5) is 2.41. The van der Waals surface area contributed by atoms with Gasteiger partial charge >= 0.3 is 0 Å². The van der Waals surface area contributed by atoms with Gasteiger partial charge < -0.3 is 5.11 Å². The first-order valence-electron chi connectivity index (χ1n) is 8.02. The largest absolute Gasteiger partial charge is 0.391 e. The van der Waals surface area contributed by atoms with E-state index in [2.05, 4.69) is 30.8 Å². The predicted octanol–water partition coefficient (Wildman–Crippen LogP) is 3.03. The standard InChI is InChI=1S/C16H28ClN3O/c1-5-20-13(15(17)12(2)18-20)11-14(21)16(3,4)19-9-7-6-8-10-19/h14,21H,5-11H2,1-4H3. The van der Waals surface area contributed by atoms with Gasteiger partial charge in [-0.3, -0.25) is 9.58 Å². The number of aliphatic hydroxyl groups excluding tert-OH is 1. The quantitative estimate of drug-likeness (QED) is 0.908. The normalized spacial score (nSPS) is 19.0. The number of nitrogens with zero attached hydrogens (tertiary/aromatic N) is 3. The van der Waals surface area contributed by atoms with Crippen LogP contribution in [0.1, 0.15) is 51.4 Å². The SMILES string of the molecule is CCn1nc(C)c(Cl)c1CC(O)C(C)(C)N1CCCCC1. The van der Waals surface area contributed by atoms with Crippen LogP contribution < -0.4 is 0 Å². The van der Waals surface area contributed by atoms with Crippen molar-refractivity contribution >= 4 is 11.6 Å². The molecule has 0 saturated carbocycles. The van der Waals surface area contributed by atoms with Crippen LogP contribution in [0.3, 0.4) is 0 Å². The van der Waals surface area contributed by atoms with Gasteiger partial charge in [0.05, 0.1) is 22.5 Å². The predicted molar refractivity (Wildman–Crippen MR) is 86.9 cm³/mol. The molecule has 0 amide bonds. The zero-order valence-corrected chi connectivity index (χ0v) is 14.4. The lowest BCUT2D eigenvalue weighted by molar-refractivity contribution is -0.0195. The number of piperidine rings is 1. The van der Waals surface area contributed by atoms with Crippen LogP contribution >= 0.6 is 11.6 Å². The van der Waals surface area contributed by atoms with Crippen LogP contribution in [-0.4, -0.2) is 44.5 Å². The van der Waals surface area contributed by atoms with Crippen LogP contribution in [0.2, 0.25) is 5.02 Å². The monoisotopic (exact) mass is 313 g/mol. The third-order valence-electron chi connectivity index (χ3n) is 4.83. The Morgan fingerprint density at radius 1 is 1.29 bits per heavy atom. The van der Waals surface area contributed by atoms with Crippen LogP contribution in [0.5, 0.6) is 0 Å². The lowest BCUT2D eigenvalue weighted by Gasteiger charge is -2.44. The van der Waals surface area contributed by atoms with Crippen LogP contribution in [-0.2, 0) is 13.0 Å². The van der Waals surface area contributed by atoms with E-state index in [1.54, 1.807) is 0 Å². The maximum Gasteiger partial charge on any atom is 0.0848 e. The summed E-state index contributed by atoms with van der Waals surface area (Å²) in [5.41, 5.74) is 1.56. The van der Waals surface area contributed by atoms with Gasteiger partial charge in [-0.1, -0.05) is 18.0 Å². The van der Waals surface area contributed by atoms with Gasteiger partial charge in [0.2, 0.25) is 0 Å². The van der Waals surface area contributed by atoms with E-state index in [0.717, 1.165) is 31.0 Å². The second kappa shape index (κ2) is 6.67. The zero-order chi connectivity index (χ0) is 15.6. The minimum atomic E-state index is -0.450. The molecule has 120 valence electrons. The molecule has 0 bridgehead atoms. The van der Waals surface area contributed by atoms with E-state index in [-0.39, 0.29) is 5.54 Å². The smallest absolute Gasteiger partial charge is 0.0848 e. The maximum absolute atomic E-state index is 10.8. The summed E-state index contributed by atoms with van der Waals surface area (Å²) >= 11 is 6.36. The van der Waals surface area contributed by atoms with E-state index in [4.69, 9.17) is 11.6 Å². The van der Waals surface area contributed by atoms with E-state index in [0.29, 0.717) is 11.4 Å². The average Bonchev–Trinajstić information content (AvgIpc) is 2.75. The van der Waals surface area contributed by atoms with E-state index in [1.165, 1.54) is 19.3 Å². The van der Waals surface area contributed by atoms with Gasteiger partial charge in [-0.2, -0.15) is 5.10 Å². The topological polar surface area (TPSA) is 41.3 Å². The van der Waals surface area contributed by atoms with E-state index in [1.807, 2.05) is 11.6 Å². The van der Waals surface area contributed by atoms with Crippen molar-refractivity contribution < 1.29 is 5.11 Å². The highest BCUT2D eigenvalue weighted by atomic mass is 35.5. The molecule has 0 spiro atoms. The van der Waals surface area contributed by atoms with Gasteiger partial charge in [0.15, 0.2) is 0 Å². The van der Waals surface area contributed by atoms with Gasteiger partial charge in [0.25, 0.3) is 0 Å². The van der Waals surface area contributed by atoms with Crippen molar-refractivity contribution in [2.45, 2.75) is 71.6 Å². The number of aryl methyl sites for hydroxylation is 2. The number of aliphatic hydroxyl groups is 1. The molecule has 1 aromatic heterocycles. The van der Waals surface area contributed by atoms with Gasteiger partial charge in [-0.05, 0) is 53.6 Å². The summed E-state index contributed by atoms with van der Waals surface area (Å²) in [7, 11) is 0. The first-order valence-corrected chi connectivity index (χ1v) is 8.40. The van der Waals surface area contributed by atoms with Gasteiger partial charge in [0, 0.05) is 18.5 Å². The molecular formula is C16H28ClN3O. The lowest BCUT2D eigenvalue weighted by Crippen LogP contribution is -2.55. The summed E-state index contributed by atoms with van der Waals surface area (Å²) < 4.78 is 1.91. The highest BCUT2D eigenvalue weighted by Gasteiger charge is 2.36. The fourth-order valence-corrected chi connectivity index (χ4v) is 3.39. The fourth-order valence-electron chi connectivity index (χ4n) is 3.18. The van der Waals surface area contributed by atoms with Crippen LogP contribution in [0.15, 0.2) is 0 Å². The van der Waals surface area contributed by atoms with E-state index in [9.17, 15) is 5.11 Å². The Kier molecular flexibility index (Phi) is 5.33. The second-order valence-corrected chi connectivity index (χ2v) is 6.96. The summed E-state index contributed by atoms with van der Waals surface area (Å²) in [5, 5.41) is 15.9. The molecule has 1 aliphatic rings. The van der Waals surface area contributed by atoms with Crippen LogP contribution in [0, 0.1) is 6.92 Å². The molecular weight excluding hydrogens is 286 g/mol. The fraction of sp³-hybridized carbons (Fsp3) is 0.812.